The lowest BCUT2D eigenvalue weighted by molar-refractivity contribution is -0.239. The summed E-state index contributed by atoms with van der Waals surface area (Å²) < 4.78 is 0. The molecule has 0 bridgehead atoms. The number of rotatable bonds is 8. The SMILES string of the molecule is CC(C)CCC(CCCCC(C)(C)C)C(=O)OO. The molecule has 0 aliphatic heterocycles. The highest BCUT2D eigenvalue weighted by atomic mass is 17.1. The van der Waals surface area contributed by atoms with Crippen LogP contribution in [0.3, 0.4) is 0 Å². The monoisotopic (exact) mass is 258 g/mol. The third-order valence-corrected chi connectivity index (χ3v) is 3.25. The van der Waals surface area contributed by atoms with Crippen molar-refractivity contribution in [3.05, 3.63) is 0 Å². The molecule has 0 fully saturated rings. The Hall–Kier alpha value is -0.570. The van der Waals surface area contributed by atoms with Crippen molar-refractivity contribution < 1.29 is 14.9 Å². The minimum atomic E-state index is -0.466. The molecule has 0 aromatic rings. The first-order valence-electron chi connectivity index (χ1n) is 7.11. The molecular formula is C15H30O3. The first-order valence-corrected chi connectivity index (χ1v) is 7.11. The summed E-state index contributed by atoms with van der Waals surface area (Å²) in [7, 11) is 0. The summed E-state index contributed by atoms with van der Waals surface area (Å²) in [4.78, 5) is 15.3. The molecule has 18 heavy (non-hydrogen) atoms. The van der Waals surface area contributed by atoms with Crippen LogP contribution in [0.5, 0.6) is 0 Å². The van der Waals surface area contributed by atoms with E-state index >= 15 is 0 Å². The summed E-state index contributed by atoms with van der Waals surface area (Å²) in [6.07, 6.45) is 5.95. The van der Waals surface area contributed by atoms with E-state index in [-0.39, 0.29) is 5.92 Å². The number of carbonyl (C=O) groups excluding carboxylic acids is 1. The van der Waals surface area contributed by atoms with Crippen molar-refractivity contribution in [2.24, 2.45) is 17.3 Å². The van der Waals surface area contributed by atoms with Crippen molar-refractivity contribution in [3.63, 3.8) is 0 Å². The molecule has 0 aliphatic rings. The molecule has 0 aromatic heterocycles. The number of carbonyl (C=O) groups is 1. The van der Waals surface area contributed by atoms with Gasteiger partial charge in [0.25, 0.3) is 0 Å². The van der Waals surface area contributed by atoms with E-state index in [9.17, 15) is 4.79 Å². The first kappa shape index (κ1) is 17.4. The first-order chi connectivity index (χ1) is 8.26. The second-order valence-electron chi connectivity index (χ2n) is 6.88. The molecule has 0 saturated heterocycles. The molecule has 0 radical (unpaired) electrons. The van der Waals surface area contributed by atoms with E-state index in [0.717, 1.165) is 38.5 Å². The highest BCUT2D eigenvalue weighted by Crippen LogP contribution is 2.25. The predicted molar refractivity (Wildman–Crippen MR) is 74.2 cm³/mol. The van der Waals surface area contributed by atoms with Gasteiger partial charge in [-0.25, -0.2) is 4.79 Å². The molecule has 0 aromatic carbocycles. The fourth-order valence-corrected chi connectivity index (χ4v) is 2.04. The van der Waals surface area contributed by atoms with Gasteiger partial charge in [-0.15, -0.1) is 0 Å². The van der Waals surface area contributed by atoms with Crippen LogP contribution in [0.4, 0.5) is 0 Å². The average Bonchev–Trinajstić information content (AvgIpc) is 2.25. The molecule has 0 rings (SSSR count). The standard InChI is InChI=1S/C15H30O3/c1-12(2)9-10-13(14(16)18-17)8-6-7-11-15(3,4)5/h12-13,17H,6-11H2,1-5H3. The second-order valence-corrected chi connectivity index (χ2v) is 6.88. The lowest BCUT2D eigenvalue weighted by Crippen LogP contribution is -2.17. The average molecular weight is 258 g/mol. The summed E-state index contributed by atoms with van der Waals surface area (Å²) >= 11 is 0. The minimum absolute atomic E-state index is 0.141. The molecule has 3 heteroatoms. The van der Waals surface area contributed by atoms with Gasteiger partial charge in [0, 0.05) is 0 Å². The molecule has 1 atom stereocenters. The third kappa shape index (κ3) is 9.46. The van der Waals surface area contributed by atoms with E-state index in [2.05, 4.69) is 39.5 Å². The molecule has 0 amide bonds. The third-order valence-electron chi connectivity index (χ3n) is 3.25. The largest absolute Gasteiger partial charge is 0.345 e. The lowest BCUT2D eigenvalue weighted by Gasteiger charge is -2.19. The second kappa shape index (κ2) is 8.52. The smallest absolute Gasteiger partial charge is 0.301 e. The van der Waals surface area contributed by atoms with Crippen LogP contribution in [-0.4, -0.2) is 11.2 Å². The summed E-state index contributed by atoms with van der Waals surface area (Å²) in [5, 5.41) is 8.51. The van der Waals surface area contributed by atoms with Crippen LogP contribution in [0.25, 0.3) is 0 Å². The molecule has 1 unspecified atom stereocenters. The molecule has 3 nitrogen and oxygen atoms in total. The van der Waals surface area contributed by atoms with Gasteiger partial charge in [0.2, 0.25) is 0 Å². The van der Waals surface area contributed by atoms with Gasteiger partial charge in [0.05, 0.1) is 5.92 Å². The minimum Gasteiger partial charge on any atom is -0.301 e. The number of hydrogen-bond donors (Lipinski definition) is 1. The van der Waals surface area contributed by atoms with Crippen LogP contribution < -0.4 is 0 Å². The van der Waals surface area contributed by atoms with Crippen molar-refractivity contribution in [3.8, 4) is 0 Å². The zero-order valence-corrected chi connectivity index (χ0v) is 12.7. The highest BCUT2D eigenvalue weighted by molar-refractivity contribution is 5.71. The van der Waals surface area contributed by atoms with Crippen molar-refractivity contribution in [1.29, 1.82) is 0 Å². The Morgan fingerprint density at radius 1 is 1.11 bits per heavy atom. The molecule has 0 saturated carbocycles. The quantitative estimate of drug-likeness (QED) is 0.391. The topological polar surface area (TPSA) is 46.5 Å². The maximum Gasteiger partial charge on any atom is 0.345 e. The molecule has 0 spiro atoms. The Balaban J connectivity index is 3.98. The number of hydrogen-bond acceptors (Lipinski definition) is 3. The maximum atomic E-state index is 11.4. The van der Waals surface area contributed by atoms with Gasteiger partial charge in [0.1, 0.15) is 0 Å². The van der Waals surface area contributed by atoms with Gasteiger partial charge in [-0.05, 0) is 30.6 Å². The van der Waals surface area contributed by atoms with E-state index in [1.807, 2.05) is 0 Å². The van der Waals surface area contributed by atoms with Crippen molar-refractivity contribution in [1.82, 2.24) is 0 Å². The van der Waals surface area contributed by atoms with E-state index in [1.165, 1.54) is 0 Å². The van der Waals surface area contributed by atoms with Gasteiger partial charge < -0.3 is 4.89 Å². The Labute approximate surface area is 112 Å². The van der Waals surface area contributed by atoms with Crippen LogP contribution in [0.15, 0.2) is 0 Å². The molecule has 0 aliphatic carbocycles. The zero-order chi connectivity index (χ0) is 14.2. The van der Waals surface area contributed by atoms with Crippen LogP contribution in [0.2, 0.25) is 0 Å². The van der Waals surface area contributed by atoms with Gasteiger partial charge >= 0.3 is 5.97 Å². The van der Waals surface area contributed by atoms with E-state index in [0.29, 0.717) is 11.3 Å². The van der Waals surface area contributed by atoms with Crippen molar-refractivity contribution >= 4 is 5.97 Å². The molecule has 0 heterocycles. The van der Waals surface area contributed by atoms with Crippen molar-refractivity contribution in [2.45, 2.75) is 73.1 Å². The zero-order valence-electron chi connectivity index (χ0n) is 12.7. The Kier molecular flexibility index (Phi) is 8.25. The summed E-state index contributed by atoms with van der Waals surface area (Å²) in [5.41, 5.74) is 0.352. The fraction of sp³-hybridized carbons (Fsp3) is 0.933. The van der Waals surface area contributed by atoms with Gasteiger partial charge in [-0.1, -0.05) is 53.9 Å². The maximum absolute atomic E-state index is 11.4. The summed E-state index contributed by atoms with van der Waals surface area (Å²) in [6, 6.07) is 0. The van der Waals surface area contributed by atoms with Crippen LogP contribution in [0.1, 0.15) is 73.1 Å². The summed E-state index contributed by atoms with van der Waals surface area (Å²) in [6.45, 7) is 11.0. The van der Waals surface area contributed by atoms with Gasteiger partial charge in [-0.3, -0.25) is 0 Å². The lowest BCUT2D eigenvalue weighted by atomic mass is 9.87. The Morgan fingerprint density at radius 3 is 2.17 bits per heavy atom. The Bertz CT molecular complexity index is 228. The highest BCUT2D eigenvalue weighted by Gasteiger charge is 2.20. The van der Waals surface area contributed by atoms with E-state index < -0.39 is 5.97 Å². The molecule has 108 valence electrons. The summed E-state index contributed by atoms with van der Waals surface area (Å²) in [5.74, 6) is -0.0302. The molecule has 1 N–H and O–H groups in total. The molecular weight excluding hydrogens is 228 g/mol. The van der Waals surface area contributed by atoms with Gasteiger partial charge in [-0.2, -0.15) is 5.26 Å². The van der Waals surface area contributed by atoms with Crippen LogP contribution in [-0.2, 0) is 9.68 Å². The van der Waals surface area contributed by atoms with Gasteiger partial charge in [0.15, 0.2) is 0 Å². The van der Waals surface area contributed by atoms with Crippen molar-refractivity contribution in [2.75, 3.05) is 0 Å². The van der Waals surface area contributed by atoms with Crippen LogP contribution >= 0.6 is 0 Å². The van der Waals surface area contributed by atoms with E-state index in [4.69, 9.17) is 5.26 Å². The Morgan fingerprint density at radius 2 is 1.72 bits per heavy atom. The predicted octanol–water partition coefficient (Wildman–Crippen LogP) is 4.66. The van der Waals surface area contributed by atoms with E-state index in [1.54, 1.807) is 0 Å². The normalized spacial score (nSPS) is 13.7. The number of unbranched alkanes of at least 4 members (excludes halogenated alkanes) is 1. The van der Waals surface area contributed by atoms with Crippen LogP contribution in [0, 0.1) is 17.3 Å². The fourth-order valence-electron chi connectivity index (χ4n) is 2.04.